The molecule has 0 aliphatic carbocycles. The fourth-order valence-corrected chi connectivity index (χ4v) is 1.36. The van der Waals surface area contributed by atoms with E-state index in [9.17, 15) is 14.4 Å². The molecule has 0 aromatic rings. The molecule has 0 spiro atoms. The van der Waals surface area contributed by atoms with Gasteiger partial charge in [0.1, 0.15) is 6.61 Å². The molecule has 1 rings (SSSR count). The van der Waals surface area contributed by atoms with E-state index in [2.05, 4.69) is 10.1 Å². The number of hydrogen-bond acceptors (Lipinski definition) is 5. The van der Waals surface area contributed by atoms with E-state index in [0.717, 1.165) is 12.2 Å². The third-order valence-corrected chi connectivity index (χ3v) is 2.15. The Morgan fingerprint density at radius 1 is 1.35 bits per heavy atom. The first-order valence-corrected chi connectivity index (χ1v) is 5.42. The van der Waals surface area contributed by atoms with Crippen molar-refractivity contribution in [2.75, 3.05) is 13.2 Å². The monoisotopic (exact) mass is 241 g/mol. The van der Waals surface area contributed by atoms with E-state index in [1.54, 1.807) is 6.92 Å². The van der Waals surface area contributed by atoms with Crippen LogP contribution in [0.2, 0.25) is 0 Å². The van der Waals surface area contributed by atoms with E-state index >= 15 is 0 Å². The molecule has 1 atom stereocenters. The first-order valence-electron chi connectivity index (χ1n) is 5.42. The van der Waals surface area contributed by atoms with Gasteiger partial charge in [-0.3, -0.25) is 4.79 Å². The first kappa shape index (κ1) is 13.2. The normalized spacial score (nSPS) is 19.1. The SMILES string of the molecule is CCOC(=O)/C=C/C(=O)OCC1CCC(=O)N1. The first-order chi connectivity index (χ1) is 8.11. The Labute approximate surface area is 99.0 Å². The lowest BCUT2D eigenvalue weighted by Gasteiger charge is -2.08. The van der Waals surface area contributed by atoms with Crippen molar-refractivity contribution in [1.82, 2.24) is 5.32 Å². The van der Waals surface area contributed by atoms with Crippen molar-refractivity contribution >= 4 is 17.8 Å². The summed E-state index contributed by atoms with van der Waals surface area (Å²) in [6.45, 7) is 2.05. The summed E-state index contributed by atoms with van der Waals surface area (Å²) in [5, 5.41) is 2.66. The number of rotatable bonds is 5. The Morgan fingerprint density at radius 3 is 2.53 bits per heavy atom. The van der Waals surface area contributed by atoms with Crippen LogP contribution >= 0.6 is 0 Å². The van der Waals surface area contributed by atoms with Gasteiger partial charge in [0.2, 0.25) is 5.91 Å². The van der Waals surface area contributed by atoms with Crippen LogP contribution in [-0.2, 0) is 23.9 Å². The van der Waals surface area contributed by atoms with E-state index < -0.39 is 11.9 Å². The van der Waals surface area contributed by atoms with Crippen molar-refractivity contribution in [2.45, 2.75) is 25.8 Å². The van der Waals surface area contributed by atoms with Gasteiger partial charge in [-0.25, -0.2) is 9.59 Å². The average molecular weight is 241 g/mol. The Balaban J connectivity index is 2.21. The van der Waals surface area contributed by atoms with Crippen molar-refractivity contribution in [3.63, 3.8) is 0 Å². The summed E-state index contributed by atoms with van der Waals surface area (Å²) in [6, 6.07) is -0.123. The molecule has 6 nitrogen and oxygen atoms in total. The molecule has 94 valence electrons. The van der Waals surface area contributed by atoms with Crippen LogP contribution in [0.5, 0.6) is 0 Å². The van der Waals surface area contributed by atoms with E-state index in [1.165, 1.54) is 0 Å². The second-order valence-electron chi connectivity index (χ2n) is 3.52. The molecule has 17 heavy (non-hydrogen) atoms. The summed E-state index contributed by atoms with van der Waals surface area (Å²) in [6.07, 6.45) is 3.14. The quantitative estimate of drug-likeness (QED) is 0.538. The van der Waals surface area contributed by atoms with Crippen LogP contribution in [0.1, 0.15) is 19.8 Å². The third-order valence-electron chi connectivity index (χ3n) is 2.15. The highest BCUT2D eigenvalue weighted by atomic mass is 16.5. The molecule has 1 heterocycles. The molecule has 1 fully saturated rings. The van der Waals surface area contributed by atoms with Crippen LogP contribution in [0.4, 0.5) is 0 Å². The molecule has 0 aromatic carbocycles. The summed E-state index contributed by atoms with van der Waals surface area (Å²) in [5.74, 6) is -1.24. The van der Waals surface area contributed by atoms with Gasteiger partial charge in [0.15, 0.2) is 0 Å². The molecular weight excluding hydrogens is 226 g/mol. The maximum absolute atomic E-state index is 11.2. The zero-order valence-corrected chi connectivity index (χ0v) is 9.60. The predicted octanol–water partition coefficient (Wildman–Crippen LogP) is -0.0725. The van der Waals surface area contributed by atoms with Gasteiger partial charge >= 0.3 is 11.9 Å². The highest BCUT2D eigenvalue weighted by Gasteiger charge is 2.21. The molecule has 1 aliphatic rings. The van der Waals surface area contributed by atoms with Crippen molar-refractivity contribution in [2.24, 2.45) is 0 Å². The smallest absolute Gasteiger partial charge is 0.331 e. The summed E-state index contributed by atoms with van der Waals surface area (Å²) in [4.78, 5) is 32.9. The second kappa shape index (κ2) is 6.67. The van der Waals surface area contributed by atoms with Crippen molar-refractivity contribution in [1.29, 1.82) is 0 Å². The minimum atomic E-state index is -0.626. The molecule has 0 bridgehead atoms. The summed E-state index contributed by atoms with van der Waals surface area (Å²) in [5.41, 5.74) is 0. The molecule has 1 saturated heterocycles. The summed E-state index contributed by atoms with van der Waals surface area (Å²) < 4.78 is 9.45. The zero-order chi connectivity index (χ0) is 12.7. The highest BCUT2D eigenvalue weighted by Crippen LogP contribution is 2.06. The second-order valence-corrected chi connectivity index (χ2v) is 3.52. The Kier molecular flexibility index (Phi) is 5.19. The number of carbonyl (C=O) groups excluding carboxylic acids is 3. The molecule has 1 aliphatic heterocycles. The molecule has 1 unspecified atom stereocenters. The minimum Gasteiger partial charge on any atom is -0.463 e. The van der Waals surface area contributed by atoms with Gasteiger partial charge in [0, 0.05) is 18.6 Å². The van der Waals surface area contributed by atoms with Gasteiger partial charge < -0.3 is 14.8 Å². The largest absolute Gasteiger partial charge is 0.463 e. The predicted molar refractivity (Wildman–Crippen MR) is 57.9 cm³/mol. The third kappa shape index (κ3) is 5.14. The lowest BCUT2D eigenvalue weighted by Crippen LogP contribution is -2.30. The lowest BCUT2D eigenvalue weighted by atomic mass is 10.2. The Hall–Kier alpha value is -1.85. The van der Waals surface area contributed by atoms with E-state index in [1.807, 2.05) is 0 Å². The maximum atomic E-state index is 11.2. The summed E-state index contributed by atoms with van der Waals surface area (Å²) >= 11 is 0. The van der Waals surface area contributed by atoms with Crippen LogP contribution in [0.3, 0.4) is 0 Å². The van der Waals surface area contributed by atoms with Crippen molar-refractivity contribution in [3.8, 4) is 0 Å². The fraction of sp³-hybridized carbons (Fsp3) is 0.545. The fourth-order valence-electron chi connectivity index (χ4n) is 1.36. The zero-order valence-electron chi connectivity index (χ0n) is 9.60. The molecule has 0 radical (unpaired) electrons. The van der Waals surface area contributed by atoms with Gasteiger partial charge in [-0.2, -0.15) is 0 Å². The van der Waals surface area contributed by atoms with Gasteiger partial charge in [0.25, 0.3) is 0 Å². The number of carbonyl (C=O) groups is 3. The number of hydrogen-bond donors (Lipinski definition) is 1. The Morgan fingerprint density at radius 2 is 2.00 bits per heavy atom. The molecule has 0 saturated carbocycles. The van der Waals surface area contributed by atoms with Gasteiger partial charge in [-0.1, -0.05) is 0 Å². The average Bonchev–Trinajstić information content (AvgIpc) is 2.70. The van der Waals surface area contributed by atoms with E-state index in [-0.39, 0.29) is 25.2 Å². The number of amides is 1. The molecular formula is C11H15NO5. The number of ether oxygens (including phenoxy) is 2. The van der Waals surface area contributed by atoms with Gasteiger partial charge in [0.05, 0.1) is 12.6 Å². The highest BCUT2D eigenvalue weighted by molar-refractivity contribution is 5.91. The molecule has 6 heteroatoms. The molecule has 1 N–H and O–H groups in total. The lowest BCUT2D eigenvalue weighted by molar-refractivity contribution is -0.140. The number of esters is 2. The minimum absolute atomic E-state index is 0.0342. The van der Waals surface area contributed by atoms with E-state index in [0.29, 0.717) is 12.8 Å². The van der Waals surface area contributed by atoms with Crippen LogP contribution < -0.4 is 5.32 Å². The van der Waals surface area contributed by atoms with Crippen LogP contribution in [0.15, 0.2) is 12.2 Å². The number of nitrogens with one attached hydrogen (secondary N) is 1. The topological polar surface area (TPSA) is 81.7 Å². The van der Waals surface area contributed by atoms with E-state index in [4.69, 9.17) is 4.74 Å². The standard InChI is InChI=1S/C11H15NO5/c1-2-16-10(14)5-6-11(15)17-7-8-3-4-9(13)12-8/h5-6,8H,2-4,7H2,1H3,(H,12,13)/b6-5+. The van der Waals surface area contributed by atoms with Crippen LogP contribution in [0, 0.1) is 0 Å². The molecule has 1 amide bonds. The maximum Gasteiger partial charge on any atom is 0.331 e. The van der Waals surface area contributed by atoms with Crippen molar-refractivity contribution < 1.29 is 23.9 Å². The van der Waals surface area contributed by atoms with Crippen LogP contribution in [-0.4, -0.2) is 37.1 Å². The Bertz CT molecular complexity index is 337. The van der Waals surface area contributed by atoms with Gasteiger partial charge in [-0.05, 0) is 13.3 Å². The summed E-state index contributed by atoms with van der Waals surface area (Å²) in [7, 11) is 0. The van der Waals surface area contributed by atoms with Crippen molar-refractivity contribution in [3.05, 3.63) is 12.2 Å². The molecule has 0 aromatic heterocycles. The van der Waals surface area contributed by atoms with Crippen LogP contribution in [0.25, 0.3) is 0 Å². The van der Waals surface area contributed by atoms with Gasteiger partial charge in [-0.15, -0.1) is 0 Å².